The van der Waals surface area contributed by atoms with Crippen LogP contribution in [-0.4, -0.2) is 4.92 Å². The summed E-state index contributed by atoms with van der Waals surface area (Å²) < 4.78 is 5.65. The quantitative estimate of drug-likeness (QED) is 0.371. The molecule has 0 fully saturated rings. The number of non-ortho nitro benzene ring substituents is 1. The molecular weight excluding hydrogens is 381 g/mol. The van der Waals surface area contributed by atoms with Crippen LogP contribution in [0.1, 0.15) is 11.1 Å². The van der Waals surface area contributed by atoms with Crippen LogP contribution < -0.4 is 4.74 Å². The summed E-state index contributed by atoms with van der Waals surface area (Å²) in [5, 5.41) is 11.7. The van der Waals surface area contributed by atoms with Gasteiger partial charge in [-0.2, -0.15) is 0 Å². The van der Waals surface area contributed by atoms with E-state index in [-0.39, 0.29) is 21.5 Å². The largest absolute Gasteiger partial charge is 0.454 e. The molecule has 0 N–H and O–H groups in total. The van der Waals surface area contributed by atoms with Crippen molar-refractivity contribution >= 4 is 44.8 Å². The molecule has 110 valence electrons. The molecule has 2 aromatic rings. The number of alkyl halides is 1. The molecule has 7 heteroatoms. The Bertz CT molecular complexity index is 684. The number of rotatable bonds is 4. The van der Waals surface area contributed by atoms with Gasteiger partial charge in [0.2, 0.25) is 0 Å². The lowest BCUT2D eigenvalue weighted by Gasteiger charge is -2.11. The van der Waals surface area contributed by atoms with E-state index in [1.54, 1.807) is 6.07 Å². The third-order valence-corrected chi connectivity index (χ3v) is 4.04. The van der Waals surface area contributed by atoms with Gasteiger partial charge in [-0.05, 0) is 30.2 Å². The topological polar surface area (TPSA) is 52.4 Å². The average molecular weight is 391 g/mol. The minimum absolute atomic E-state index is 0.0939. The number of nitrogens with zero attached hydrogens (tertiary/aromatic N) is 1. The number of nitro groups is 1. The van der Waals surface area contributed by atoms with Gasteiger partial charge in [-0.3, -0.25) is 10.1 Å². The van der Waals surface area contributed by atoms with Gasteiger partial charge in [0.1, 0.15) is 5.75 Å². The molecule has 0 aliphatic carbocycles. The molecule has 0 radical (unpaired) electrons. The molecule has 21 heavy (non-hydrogen) atoms. The Morgan fingerprint density at radius 2 is 1.86 bits per heavy atom. The molecule has 0 unspecified atom stereocenters. The van der Waals surface area contributed by atoms with Crippen molar-refractivity contribution in [1.29, 1.82) is 0 Å². The second kappa shape index (κ2) is 6.64. The first kappa shape index (κ1) is 16.1. The fourth-order valence-electron chi connectivity index (χ4n) is 1.75. The number of nitro benzene ring substituents is 1. The Hall–Kier alpha value is -1.30. The minimum atomic E-state index is -0.559. The first-order valence-electron chi connectivity index (χ1n) is 5.89. The molecule has 0 saturated heterocycles. The zero-order valence-corrected chi connectivity index (χ0v) is 14.0. The number of aryl methyl sites for hydroxylation is 1. The summed E-state index contributed by atoms with van der Waals surface area (Å²) in [4.78, 5) is 10.2. The molecule has 4 nitrogen and oxygen atoms in total. The normalized spacial score (nSPS) is 10.5. The fraction of sp³-hybridized carbons (Fsp3) is 0.143. The minimum Gasteiger partial charge on any atom is -0.454 e. The molecule has 0 aliphatic rings. The second-order valence-corrected chi connectivity index (χ2v) is 5.69. The Morgan fingerprint density at radius 3 is 2.33 bits per heavy atom. The molecule has 2 rings (SSSR count). The van der Waals surface area contributed by atoms with Gasteiger partial charge in [0.25, 0.3) is 5.69 Å². The molecule has 0 spiro atoms. The number of hydrogen-bond donors (Lipinski definition) is 0. The maximum absolute atomic E-state index is 10.7. The smallest absolute Gasteiger partial charge is 0.272 e. The van der Waals surface area contributed by atoms with Crippen molar-refractivity contribution in [3.63, 3.8) is 0 Å². The zero-order valence-electron chi connectivity index (χ0n) is 10.9. The molecule has 0 heterocycles. The van der Waals surface area contributed by atoms with Crippen LogP contribution >= 0.6 is 39.1 Å². The Kier molecular flexibility index (Phi) is 5.08. The molecule has 0 aliphatic heterocycles. The van der Waals surface area contributed by atoms with E-state index in [0.717, 1.165) is 16.5 Å². The third kappa shape index (κ3) is 3.67. The lowest BCUT2D eigenvalue weighted by molar-refractivity contribution is -0.384. The van der Waals surface area contributed by atoms with Gasteiger partial charge in [-0.15, -0.1) is 0 Å². The molecule has 2 aromatic carbocycles. The first-order chi connectivity index (χ1) is 9.92. The van der Waals surface area contributed by atoms with Gasteiger partial charge in [-0.1, -0.05) is 45.2 Å². The molecule has 0 bridgehead atoms. The van der Waals surface area contributed by atoms with Crippen LogP contribution in [0.4, 0.5) is 5.69 Å². The monoisotopic (exact) mass is 389 g/mol. The van der Waals surface area contributed by atoms with Crippen LogP contribution in [0.3, 0.4) is 0 Å². The fourth-order valence-corrected chi connectivity index (χ4v) is 2.93. The van der Waals surface area contributed by atoms with E-state index < -0.39 is 4.92 Å². The molecule has 0 atom stereocenters. The van der Waals surface area contributed by atoms with Crippen molar-refractivity contribution in [2.75, 3.05) is 0 Å². The highest BCUT2D eigenvalue weighted by atomic mass is 79.9. The summed E-state index contributed by atoms with van der Waals surface area (Å²) in [6.07, 6.45) is 0. The van der Waals surface area contributed by atoms with Gasteiger partial charge >= 0.3 is 0 Å². The van der Waals surface area contributed by atoms with Crippen LogP contribution in [-0.2, 0) is 5.33 Å². The van der Waals surface area contributed by atoms with Crippen molar-refractivity contribution in [3.8, 4) is 11.5 Å². The van der Waals surface area contributed by atoms with Crippen molar-refractivity contribution in [2.24, 2.45) is 0 Å². The van der Waals surface area contributed by atoms with E-state index in [0.29, 0.717) is 5.75 Å². The highest BCUT2D eigenvalue weighted by molar-refractivity contribution is 9.08. The van der Waals surface area contributed by atoms with E-state index in [2.05, 4.69) is 15.9 Å². The van der Waals surface area contributed by atoms with Crippen molar-refractivity contribution in [3.05, 3.63) is 61.6 Å². The van der Waals surface area contributed by atoms with Gasteiger partial charge in [0.15, 0.2) is 5.75 Å². The summed E-state index contributed by atoms with van der Waals surface area (Å²) in [5.41, 5.74) is 2.02. The van der Waals surface area contributed by atoms with Gasteiger partial charge in [0, 0.05) is 17.5 Å². The van der Waals surface area contributed by atoms with Crippen LogP contribution in [0.25, 0.3) is 0 Å². The highest BCUT2D eigenvalue weighted by Crippen LogP contribution is 2.39. The van der Waals surface area contributed by atoms with Crippen LogP contribution in [0.5, 0.6) is 11.5 Å². The van der Waals surface area contributed by atoms with E-state index in [1.165, 1.54) is 12.1 Å². The SMILES string of the molecule is Cc1cc(Oc2c(Cl)cc([N+](=O)[O-])cc2Cl)ccc1CBr. The van der Waals surface area contributed by atoms with Crippen LogP contribution in [0.15, 0.2) is 30.3 Å². The van der Waals surface area contributed by atoms with Crippen molar-refractivity contribution in [1.82, 2.24) is 0 Å². The number of ether oxygens (including phenoxy) is 1. The first-order valence-corrected chi connectivity index (χ1v) is 7.77. The lowest BCUT2D eigenvalue weighted by Crippen LogP contribution is -1.92. The molecule has 0 saturated carbocycles. The maximum Gasteiger partial charge on any atom is 0.272 e. The van der Waals surface area contributed by atoms with E-state index >= 15 is 0 Å². The van der Waals surface area contributed by atoms with Crippen LogP contribution in [0.2, 0.25) is 10.0 Å². The van der Waals surface area contributed by atoms with E-state index in [4.69, 9.17) is 27.9 Å². The summed E-state index contributed by atoms with van der Waals surface area (Å²) in [5.74, 6) is 0.768. The third-order valence-electron chi connectivity index (χ3n) is 2.87. The summed E-state index contributed by atoms with van der Waals surface area (Å²) in [7, 11) is 0. The summed E-state index contributed by atoms with van der Waals surface area (Å²) in [6.45, 7) is 1.96. The number of benzene rings is 2. The predicted molar refractivity (Wildman–Crippen MR) is 87.0 cm³/mol. The lowest BCUT2D eigenvalue weighted by atomic mass is 10.1. The predicted octanol–water partition coefficient (Wildman–Crippen LogP) is 5.90. The van der Waals surface area contributed by atoms with Crippen LogP contribution in [0, 0.1) is 17.0 Å². The Balaban J connectivity index is 2.35. The molecular formula is C14H10BrCl2NO3. The number of hydrogen-bond acceptors (Lipinski definition) is 3. The average Bonchev–Trinajstić information content (AvgIpc) is 2.42. The van der Waals surface area contributed by atoms with Crippen molar-refractivity contribution < 1.29 is 9.66 Å². The van der Waals surface area contributed by atoms with Gasteiger partial charge < -0.3 is 4.74 Å². The Labute approximate surface area is 139 Å². The van der Waals surface area contributed by atoms with E-state index in [1.807, 2.05) is 19.1 Å². The maximum atomic E-state index is 10.7. The van der Waals surface area contributed by atoms with Gasteiger partial charge in [-0.25, -0.2) is 0 Å². The van der Waals surface area contributed by atoms with E-state index in [9.17, 15) is 10.1 Å². The Morgan fingerprint density at radius 1 is 1.24 bits per heavy atom. The van der Waals surface area contributed by atoms with Crippen molar-refractivity contribution in [2.45, 2.75) is 12.3 Å². The molecule has 0 amide bonds. The standard InChI is InChI=1S/C14H10BrCl2NO3/c1-8-4-11(3-2-9(8)7-15)21-14-12(16)5-10(18(19)20)6-13(14)17/h2-6H,7H2,1H3. The summed E-state index contributed by atoms with van der Waals surface area (Å²) in [6, 6.07) is 7.99. The van der Waals surface area contributed by atoms with Gasteiger partial charge in [0.05, 0.1) is 15.0 Å². The zero-order chi connectivity index (χ0) is 15.6. The second-order valence-electron chi connectivity index (χ2n) is 4.32. The summed E-state index contributed by atoms with van der Waals surface area (Å²) >= 11 is 15.4. The number of halogens is 3. The molecule has 0 aromatic heterocycles. The highest BCUT2D eigenvalue weighted by Gasteiger charge is 2.16.